The Bertz CT molecular complexity index is 393. The Morgan fingerprint density at radius 2 is 1.85 bits per heavy atom. The van der Waals surface area contributed by atoms with E-state index in [0.29, 0.717) is 0 Å². The topological polar surface area (TPSA) is 21.3 Å². The van der Waals surface area contributed by atoms with Crippen LogP contribution in [0.25, 0.3) is 0 Å². The van der Waals surface area contributed by atoms with Gasteiger partial charge in [0.2, 0.25) is 0 Å². The molecule has 0 fully saturated rings. The Balaban J connectivity index is 2.44. The molecule has 1 aromatic carbocycles. The lowest BCUT2D eigenvalue weighted by Gasteiger charge is -2.21. The number of ether oxygens (including phenoxy) is 1. The van der Waals surface area contributed by atoms with E-state index in [1.807, 2.05) is 6.07 Å². The molecule has 2 heteroatoms. The van der Waals surface area contributed by atoms with Crippen LogP contribution in [0.3, 0.4) is 0 Å². The molecule has 114 valence electrons. The lowest BCUT2D eigenvalue weighted by atomic mass is 9.87. The van der Waals surface area contributed by atoms with Gasteiger partial charge in [0.05, 0.1) is 0 Å². The Morgan fingerprint density at radius 3 is 2.45 bits per heavy atom. The molecule has 1 N–H and O–H groups in total. The van der Waals surface area contributed by atoms with Crippen molar-refractivity contribution in [1.82, 2.24) is 5.32 Å². The summed E-state index contributed by atoms with van der Waals surface area (Å²) >= 11 is 0. The second kappa shape index (κ2) is 7.68. The van der Waals surface area contributed by atoms with Gasteiger partial charge >= 0.3 is 0 Å². The summed E-state index contributed by atoms with van der Waals surface area (Å²) in [6.07, 6.45) is 1.41. The molecule has 0 aliphatic carbocycles. The van der Waals surface area contributed by atoms with Crippen molar-refractivity contribution in [3.63, 3.8) is 0 Å². The van der Waals surface area contributed by atoms with Crippen molar-refractivity contribution < 1.29 is 4.74 Å². The van der Waals surface area contributed by atoms with E-state index in [1.165, 1.54) is 12.0 Å². The van der Waals surface area contributed by atoms with Crippen LogP contribution < -0.4 is 10.1 Å². The molecule has 0 aliphatic rings. The summed E-state index contributed by atoms with van der Waals surface area (Å²) in [5, 5.41) is 3.46. The summed E-state index contributed by atoms with van der Waals surface area (Å²) < 4.78 is 5.99. The maximum Gasteiger partial charge on any atom is 0.120 e. The van der Waals surface area contributed by atoms with Crippen molar-refractivity contribution in [3.8, 4) is 5.75 Å². The van der Waals surface area contributed by atoms with Crippen LogP contribution in [0.2, 0.25) is 0 Å². The predicted molar refractivity (Wildman–Crippen MR) is 87.6 cm³/mol. The SMILES string of the molecule is CC(C)CCNCC(C)Oc1cccc(C(C)(C)C)c1. The summed E-state index contributed by atoms with van der Waals surface area (Å²) in [5.41, 5.74) is 1.48. The van der Waals surface area contributed by atoms with E-state index in [-0.39, 0.29) is 11.5 Å². The molecule has 0 amide bonds. The third kappa shape index (κ3) is 6.42. The number of rotatable bonds is 7. The van der Waals surface area contributed by atoms with Gasteiger partial charge in [-0.2, -0.15) is 0 Å². The van der Waals surface area contributed by atoms with Gasteiger partial charge in [0.1, 0.15) is 11.9 Å². The van der Waals surface area contributed by atoms with Gasteiger partial charge in [-0.3, -0.25) is 0 Å². The number of benzene rings is 1. The molecule has 0 bridgehead atoms. The Morgan fingerprint density at radius 1 is 1.15 bits per heavy atom. The van der Waals surface area contributed by atoms with Crippen LogP contribution in [-0.2, 0) is 5.41 Å². The van der Waals surface area contributed by atoms with E-state index in [2.05, 4.69) is 65.1 Å². The maximum absolute atomic E-state index is 5.99. The van der Waals surface area contributed by atoms with Gasteiger partial charge in [0.15, 0.2) is 0 Å². The summed E-state index contributed by atoms with van der Waals surface area (Å²) in [5.74, 6) is 1.72. The van der Waals surface area contributed by atoms with Crippen LogP contribution in [0.1, 0.15) is 53.5 Å². The Labute approximate surface area is 124 Å². The molecule has 20 heavy (non-hydrogen) atoms. The van der Waals surface area contributed by atoms with Crippen LogP contribution in [0.5, 0.6) is 5.75 Å². The predicted octanol–water partition coefficient (Wildman–Crippen LogP) is 4.39. The molecule has 1 aromatic rings. The van der Waals surface area contributed by atoms with Gasteiger partial charge in [0, 0.05) is 6.54 Å². The van der Waals surface area contributed by atoms with Crippen molar-refractivity contribution in [1.29, 1.82) is 0 Å². The van der Waals surface area contributed by atoms with Crippen molar-refractivity contribution in [3.05, 3.63) is 29.8 Å². The fraction of sp³-hybridized carbons (Fsp3) is 0.667. The zero-order chi connectivity index (χ0) is 15.2. The average molecular weight is 277 g/mol. The fourth-order valence-corrected chi connectivity index (χ4v) is 2.01. The van der Waals surface area contributed by atoms with Crippen LogP contribution in [0.15, 0.2) is 24.3 Å². The van der Waals surface area contributed by atoms with Gasteiger partial charge in [-0.25, -0.2) is 0 Å². The second-order valence-corrected chi connectivity index (χ2v) is 7.09. The highest BCUT2D eigenvalue weighted by Crippen LogP contribution is 2.25. The number of hydrogen-bond donors (Lipinski definition) is 1. The molecule has 1 unspecified atom stereocenters. The average Bonchev–Trinajstić information content (AvgIpc) is 2.34. The molecular weight excluding hydrogens is 246 g/mol. The molecule has 0 heterocycles. The van der Waals surface area contributed by atoms with Crippen molar-refractivity contribution in [2.24, 2.45) is 5.92 Å². The summed E-state index contributed by atoms with van der Waals surface area (Å²) in [6, 6.07) is 8.44. The Kier molecular flexibility index (Phi) is 6.54. The van der Waals surface area contributed by atoms with Gasteiger partial charge in [0.25, 0.3) is 0 Å². The van der Waals surface area contributed by atoms with E-state index < -0.39 is 0 Å². The van der Waals surface area contributed by atoms with Crippen LogP contribution >= 0.6 is 0 Å². The maximum atomic E-state index is 5.99. The van der Waals surface area contributed by atoms with Crippen LogP contribution in [-0.4, -0.2) is 19.2 Å². The summed E-state index contributed by atoms with van der Waals surface area (Å²) in [7, 11) is 0. The quantitative estimate of drug-likeness (QED) is 0.746. The Hall–Kier alpha value is -1.02. The zero-order valence-corrected chi connectivity index (χ0v) is 14.0. The fourth-order valence-electron chi connectivity index (χ4n) is 2.01. The zero-order valence-electron chi connectivity index (χ0n) is 14.0. The number of nitrogens with one attached hydrogen (secondary N) is 1. The van der Waals surface area contributed by atoms with E-state index in [0.717, 1.165) is 24.8 Å². The molecule has 1 rings (SSSR count). The monoisotopic (exact) mass is 277 g/mol. The lowest BCUT2D eigenvalue weighted by molar-refractivity contribution is 0.216. The minimum Gasteiger partial charge on any atom is -0.489 e. The largest absolute Gasteiger partial charge is 0.489 e. The smallest absolute Gasteiger partial charge is 0.120 e. The minimum absolute atomic E-state index is 0.165. The summed E-state index contributed by atoms with van der Waals surface area (Å²) in [4.78, 5) is 0. The van der Waals surface area contributed by atoms with Crippen molar-refractivity contribution in [2.45, 2.75) is 59.5 Å². The van der Waals surface area contributed by atoms with Gasteiger partial charge in [-0.05, 0) is 48.9 Å². The second-order valence-electron chi connectivity index (χ2n) is 7.09. The summed E-state index contributed by atoms with van der Waals surface area (Å²) in [6.45, 7) is 15.3. The molecule has 0 aromatic heterocycles. The van der Waals surface area contributed by atoms with Crippen molar-refractivity contribution in [2.75, 3.05) is 13.1 Å². The van der Waals surface area contributed by atoms with Crippen molar-refractivity contribution >= 4 is 0 Å². The first-order valence-electron chi connectivity index (χ1n) is 7.77. The van der Waals surface area contributed by atoms with Crippen LogP contribution in [0.4, 0.5) is 0 Å². The highest BCUT2D eigenvalue weighted by Gasteiger charge is 2.14. The first kappa shape index (κ1) is 17.0. The highest BCUT2D eigenvalue weighted by molar-refractivity contribution is 5.32. The number of hydrogen-bond acceptors (Lipinski definition) is 2. The molecule has 0 spiro atoms. The van der Waals surface area contributed by atoms with Gasteiger partial charge in [-0.15, -0.1) is 0 Å². The molecule has 0 radical (unpaired) electrons. The molecule has 0 saturated heterocycles. The van der Waals surface area contributed by atoms with Crippen LogP contribution in [0, 0.1) is 5.92 Å². The molecule has 1 atom stereocenters. The highest BCUT2D eigenvalue weighted by atomic mass is 16.5. The first-order chi connectivity index (χ1) is 9.29. The van der Waals surface area contributed by atoms with E-state index in [9.17, 15) is 0 Å². The van der Waals surface area contributed by atoms with E-state index >= 15 is 0 Å². The third-order valence-electron chi connectivity index (χ3n) is 3.37. The van der Waals surface area contributed by atoms with E-state index in [1.54, 1.807) is 0 Å². The van der Waals surface area contributed by atoms with Gasteiger partial charge < -0.3 is 10.1 Å². The first-order valence-corrected chi connectivity index (χ1v) is 7.77. The normalized spacial score (nSPS) is 13.6. The molecular formula is C18H31NO. The molecule has 0 aliphatic heterocycles. The lowest BCUT2D eigenvalue weighted by Crippen LogP contribution is -2.30. The minimum atomic E-state index is 0.165. The molecule has 0 saturated carbocycles. The van der Waals surface area contributed by atoms with E-state index in [4.69, 9.17) is 4.74 Å². The standard InChI is InChI=1S/C18H31NO/c1-14(2)10-11-19-13-15(3)20-17-9-7-8-16(12-17)18(4,5)6/h7-9,12,14-15,19H,10-11,13H2,1-6H3. The molecule has 2 nitrogen and oxygen atoms in total. The third-order valence-corrected chi connectivity index (χ3v) is 3.37. The van der Waals surface area contributed by atoms with Gasteiger partial charge in [-0.1, -0.05) is 46.8 Å².